The SMILES string of the molecule is c1ccc2nc(NCCN3CCCCC3)ncc2c1. The molecule has 0 unspecified atom stereocenters. The number of aromatic nitrogens is 2. The van der Waals surface area contributed by atoms with Gasteiger partial charge in [0.05, 0.1) is 5.52 Å². The molecule has 0 bridgehead atoms. The molecule has 4 nitrogen and oxygen atoms in total. The molecule has 3 rings (SSSR count). The first-order valence-electron chi connectivity index (χ1n) is 7.10. The first kappa shape index (κ1) is 12.4. The van der Waals surface area contributed by atoms with E-state index < -0.39 is 0 Å². The Balaban J connectivity index is 1.56. The number of anilines is 1. The molecule has 1 fully saturated rings. The van der Waals surface area contributed by atoms with Crippen LogP contribution in [0.4, 0.5) is 5.95 Å². The molecule has 1 aromatic carbocycles. The highest BCUT2D eigenvalue weighted by Gasteiger charge is 2.09. The summed E-state index contributed by atoms with van der Waals surface area (Å²) in [5.74, 6) is 0.732. The molecule has 0 aliphatic carbocycles. The van der Waals surface area contributed by atoms with Gasteiger partial charge in [0.2, 0.25) is 5.95 Å². The fourth-order valence-electron chi connectivity index (χ4n) is 2.57. The van der Waals surface area contributed by atoms with E-state index >= 15 is 0 Å². The fourth-order valence-corrected chi connectivity index (χ4v) is 2.57. The molecule has 1 aliphatic rings. The van der Waals surface area contributed by atoms with Crippen LogP contribution in [-0.4, -0.2) is 41.0 Å². The summed E-state index contributed by atoms with van der Waals surface area (Å²) in [6.45, 7) is 4.47. The van der Waals surface area contributed by atoms with Gasteiger partial charge >= 0.3 is 0 Å². The minimum atomic E-state index is 0.732. The van der Waals surface area contributed by atoms with Crippen molar-refractivity contribution in [3.05, 3.63) is 30.5 Å². The van der Waals surface area contributed by atoms with Gasteiger partial charge in [0, 0.05) is 24.7 Å². The molecule has 0 radical (unpaired) electrons. The van der Waals surface area contributed by atoms with Crippen LogP contribution in [-0.2, 0) is 0 Å². The van der Waals surface area contributed by atoms with Crippen LogP contribution >= 0.6 is 0 Å². The van der Waals surface area contributed by atoms with E-state index in [4.69, 9.17) is 0 Å². The third kappa shape index (κ3) is 3.20. The number of fused-ring (bicyclic) bond motifs is 1. The summed E-state index contributed by atoms with van der Waals surface area (Å²) in [5.41, 5.74) is 0.998. The summed E-state index contributed by atoms with van der Waals surface area (Å²) in [6.07, 6.45) is 5.95. The maximum absolute atomic E-state index is 4.52. The number of para-hydroxylation sites is 1. The van der Waals surface area contributed by atoms with E-state index in [9.17, 15) is 0 Å². The summed E-state index contributed by atoms with van der Waals surface area (Å²) in [7, 11) is 0. The van der Waals surface area contributed by atoms with Crippen molar-refractivity contribution in [2.45, 2.75) is 19.3 Å². The largest absolute Gasteiger partial charge is 0.353 e. The molecule has 1 aromatic heterocycles. The van der Waals surface area contributed by atoms with E-state index in [-0.39, 0.29) is 0 Å². The average Bonchev–Trinajstić information content (AvgIpc) is 2.48. The molecule has 1 aliphatic heterocycles. The summed E-state index contributed by atoms with van der Waals surface area (Å²) in [4.78, 5) is 11.4. The second-order valence-corrected chi connectivity index (χ2v) is 5.08. The Morgan fingerprint density at radius 1 is 1.11 bits per heavy atom. The van der Waals surface area contributed by atoms with Gasteiger partial charge in [-0.2, -0.15) is 0 Å². The molecular weight excluding hydrogens is 236 g/mol. The highest BCUT2D eigenvalue weighted by molar-refractivity contribution is 5.78. The van der Waals surface area contributed by atoms with Crippen molar-refractivity contribution in [2.24, 2.45) is 0 Å². The lowest BCUT2D eigenvalue weighted by atomic mass is 10.1. The van der Waals surface area contributed by atoms with E-state index in [0.717, 1.165) is 29.9 Å². The molecule has 0 atom stereocenters. The minimum Gasteiger partial charge on any atom is -0.353 e. The third-order valence-corrected chi connectivity index (χ3v) is 3.65. The fraction of sp³-hybridized carbons (Fsp3) is 0.467. The Morgan fingerprint density at radius 3 is 2.84 bits per heavy atom. The quantitative estimate of drug-likeness (QED) is 0.912. The Hall–Kier alpha value is -1.68. The molecule has 0 saturated carbocycles. The Bertz CT molecular complexity index is 534. The predicted octanol–water partition coefficient (Wildman–Crippen LogP) is 2.53. The van der Waals surface area contributed by atoms with Gasteiger partial charge in [-0.3, -0.25) is 0 Å². The van der Waals surface area contributed by atoms with Crippen molar-refractivity contribution >= 4 is 16.9 Å². The number of hydrogen-bond donors (Lipinski definition) is 1. The number of nitrogens with one attached hydrogen (secondary N) is 1. The number of nitrogens with zero attached hydrogens (tertiary/aromatic N) is 3. The second kappa shape index (κ2) is 5.97. The average molecular weight is 256 g/mol. The highest BCUT2D eigenvalue weighted by Crippen LogP contribution is 2.12. The second-order valence-electron chi connectivity index (χ2n) is 5.08. The minimum absolute atomic E-state index is 0.732. The van der Waals surface area contributed by atoms with Crippen molar-refractivity contribution in [3.63, 3.8) is 0 Å². The monoisotopic (exact) mass is 256 g/mol. The van der Waals surface area contributed by atoms with Crippen molar-refractivity contribution in [2.75, 3.05) is 31.5 Å². The van der Waals surface area contributed by atoms with E-state index in [1.807, 2.05) is 30.5 Å². The molecule has 0 spiro atoms. The first-order valence-corrected chi connectivity index (χ1v) is 7.10. The predicted molar refractivity (Wildman–Crippen MR) is 78.3 cm³/mol. The number of rotatable bonds is 4. The molecule has 1 saturated heterocycles. The zero-order valence-corrected chi connectivity index (χ0v) is 11.2. The summed E-state index contributed by atoms with van der Waals surface area (Å²) in [6, 6.07) is 8.07. The van der Waals surface area contributed by atoms with E-state index in [1.54, 1.807) is 0 Å². The molecule has 100 valence electrons. The Labute approximate surface area is 113 Å². The lowest BCUT2D eigenvalue weighted by Crippen LogP contribution is -2.33. The summed E-state index contributed by atoms with van der Waals surface area (Å²) < 4.78 is 0. The zero-order chi connectivity index (χ0) is 12.9. The van der Waals surface area contributed by atoms with Crippen LogP contribution in [0.1, 0.15) is 19.3 Å². The molecule has 19 heavy (non-hydrogen) atoms. The molecule has 0 amide bonds. The van der Waals surface area contributed by atoms with E-state index in [2.05, 4.69) is 20.2 Å². The van der Waals surface area contributed by atoms with Gasteiger partial charge in [-0.25, -0.2) is 9.97 Å². The van der Waals surface area contributed by atoms with Crippen molar-refractivity contribution in [1.29, 1.82) is 0 Å². The molecular formula is C15H20N4. The van der Waals surface area contributed by atoms with Crippen LogP contribution in [0, 0.1) is 0 Å². The van der Waals surface area contributed by atoms with Gasteiger partial charge < -0.3 is 10.2 Å². The lowest BCUT2D eigenvalue weighted by molar-refractivity contribution is 0.237. The Morgan fingerprint density at radius 2 is 1.95 bits per heavy atom. The van der Waals surface area contributed by atoms with Crippen molar-refractivity contribution in [3.8, 4) is 0 Å². The standard InChI is InChI=1S/C15H20N4/c1-4-9-19(10-5-1)11-8-16-15-17-12-13-6-2-3-7-14(13)18-15/h2-3,6-7,12H,1,4-5,8-11H2,(H,16,17,18). The number of benzene rings is 1. The van der Waals surface area contributed by atoms with Gasteiger partial charge in [-0.05, 0) is 32.0 Å². The number of piperidine rings is 1. The zero-order valence-electron chi connectivity index (χ0n) is 11.2. The van der Waals surface area contributed by atoms with Gasteiger partial charge in [-0.15, -0.1) is 0 Å². The number of hydrogen-bond acceptors (Lipinski definition) is 4. The van der Waals surface area contributed by atoms with Crippen LogP contribution < -0.4 is 5.32 Å². The molecule has 4 heteroatoms. The van der Waals surface area contributed by atoms with Crippen LogP contribution in [0.15, 0.2) is 30.5 Å². The van der Waals surface area contributed by atoms with Crippen LogP contribution in [0.25, 0.3) is 10.9 Å². The van der Waals surface area contributed by atoms with Crippen LogP contribution in [0.2, 0.25) is 0 Å². The maximum Gasteiger partial charge on any atom is 0.223 e. The molecule has 2 aromatic rings. The topological polar surface area (TPSA) is 41.1 Å². The lowest BCUT2D eigenvalue weighted by Gasteiger charge is -2.26. The van der Waals surface area contributed by atoms with E-state index in [0.29, 0.717) is 0 Å². The highest BCUT2D eigenvalue weighted by atomic mass is 15.2. The van der Waals surface area contributed by atoms with Gasteiger partial charge in [0.15, 0.2) is 0 Å². The van der Waals surface area contributed by atoms with Crippen LogP contribution in [0.5, 0.6) is 0 Å². The normalized spacial score (nSPS) is 16.6. The number of likely N-dealkylation sites (tertiary alicyclic amines) is 1. The van der Waals surface area contributed by atoms with Crippen LogP contribution in [0.3, 0.4) is 0 Å². The third-order valence-electron chi connectivity index (χ3n) is 3.65. The van der Waals surface area contributed by atoms with E-state index in [1.165, 1.54) is 32.4 Å². The Kier molecular flexibility index (Phi) is 3.89. The van der Waals surface area contributed by atoms with Gasteiger partial charge in [0.25, 0.3) is 0 Å². The van der Waals surface area contributed by atoms with Gasteiger partial charge in [0.1, 0.15) is 0 Å². The molecule has 2 heterocycles. The van der Waals surface area contributed by atoms with Crippen molar-refractivity contribution in [1.82, 2.24) is 14.9 Å². The first-order chi connectivity index (χ1) is 9.42. The summed E-state index contributed by atoms with van der Waals surface area (Å²) in [5, 5.41) is 4.41. The maximum atomic E-state index is 4.52. The summed E-state index contributed by atoms with van der Waals surface area (Å²) >= 11 is 0. The van der Waals surface area contributed by atoms with Crippen molar-refractivity contribution < 1.29 is 0 Å². The smallest absolute Gasteiger partial charge is 0.223 e. The molecule has 1 N–H and O–H groups in total. The van der Waals surface area contributed by atoms with Gasteiger partial charge in [-0.1, -0.05) is 24.6 Å².